The van der Waals surface area contributed by atoms with E-state index >= 15 is 0 Å². The molecule has 0 fully saturated rings. The Balaban J connectivity index is 2.33. The summed E-state index contributed by atoms with van der Waals surface area (Å²) in [6.07, 6.45) is 0.827. The highest BCUT2D eigenvalue weighted by atomic mass is 32.2. The first-order valence-electron chi connectivity index (χ1n) is 5.39. The molecule has 0 bridgehead atoms. The average Bonchev–Trinajstić information content (AvgIpc) is 2.28. The van der Waals surface area contributed by atoms with Crippen molar-refractivity contribution in [3.63, 3.8) is 0 Å². The summed E-state index contributed by atoms with van der Waals surface area (Å²) in [6.45, 7) is 3.31. The van der Waals surface area contributed by atoms with Crippen LogP contribution in [-0.4, -0.2) is 30.1 Å². The van der Waals surface area contributed by atoms with E-state index in [1.807, 2.05) is 17.8 Å². The fourth-order valence-corrected chi connectivity index (χ4v) is 2.43. The molecule has 2 nitrogen and oxygen atoms in total. The van der Waals surface area contributed by atoms with Gasteiger partial charge in [0.1, 0.15) is 0 Å². The standard InChI is InChI=1S/C12H19NOS/c1-2-13-11(8-9-14)10-15-12-6-4-3-5-7-12/h3-7,11,13-14H,2,8-10H2,1H3. The molecule has 0 heterocycles. The summed E-state index contributed by atoms with van der Waals surface area (Å²) in [5.41, 5.74) is 0. The maximum absolute atomic E-state index is 8.91. The molecule has 2 N–H and O–H groups in total. The molecule has 1 aromatic carbocycles. The Morgan fingerprint density at radius 1 is 1.33 bits per heavy atom. The van der Waals surface area contributed by atoms with Crippen LogP contribution in [0.3, 0.4) is 0 Å². The third kappa shape index (κ3) is 5.21. The zero-order chi connectivity index (χ0) is 10.9. The molecule has 0 aromatic heterocycles. The normalized spacial score (nSPS) is 12.7. The van der Waals surface area contributed by atoms with E-state index in [9.17, 15) is 0 Å². The van der Waals surface area contributed by atoms with Crippen LogP contribution in [0.15, 0.2) is 35.2 Å². The first-order valence-corrected chi connectivity index (χ1v) is 6.37. The maximum Gasteiger partial charge on any atom is 0.0446 e. The van der Waals surface area contributed by atoms with E-state index in [1.165, 1.54) is 4.90 Å². The van der Waals surface area contributed by atoms with E-state index in [-0.39, 0.29) is 6.61 Å². The van der Waals surface area contributed by atoms with E-state index in [0.29, 0.717) is 6.04 Å². The highest BCUT2D eigenvalue weighted by molar-refractivity contribution is 7.99. The topological polar surface area (TPSA) is 32.3 Å². The van der Waals surface area contributed by atoms with E-state index in [1.54, 1.807) is 0 Å². The van der Waals surface area contributed by atoms with Gasteiger partial charge in [0.2, 0.25) is 0 Å². The van der Waals surface area contributed by atoms with Crippen LogP contribution >= 0.6 is 11.8 Å². The van der Waals surface area contributed by atoms with Gasteiger partial charge in [-0.25, -0.2) is 0 Å². The molecule has 0 aliphatic carbocycles. The van der Waals surface area contributed by atoms with Gasteiger partial charge in [0.25, 0.3) is 0 Å². The van der Waals surface area contributed by atoms with Crippen molar-refractivity contribution in [1.29, 1.82) is 0 Å². The lowest BCUT2D eigenvalue weighted by Crippen LogP contribution is -2.31. The molecule has 0 saturated carbocycles. The molecule has 0 aliphatic rings. The second kappa shape index (κ2) is 7.74. The third-order valence-electron chi connectivity index (χ3n) is 2.16. The van der Waals surface area contributed by atoms with Crippen molar-refractivity contribution in [3.8, 4) is 0 Å². The molecular weight excluding hydrogens is 206 g/mol. The molecule has 1 atom stereocenters. The van der Waals surface area contributed by atoms with E-state index in [2.05, 4.69) is 36.5 Å². The minimum Gasteiger partial charge on any atom is -0.396 e. The Bertz CT molecular complexity index is 247. The largest absolute Gasteiger partial charge is 0.396 e. The lowest BCUT2D eigenvalue weighted by atomic mass is 10.2. The summed E-state index contributed by atoms with van der Waals surface area (Å²) in [4.78, 5) is 1.29. The molecule has 0 amide bonds. The van der Waals surface area contributed by atoms with Gasteiger partial charge >= 0.3 is 0 Å². The van der Waals surface area contributed by atoms with Crippen molar-refractivity contribution in [2.75, 3.05) is 18.9 Å². The van der Waals surface area contributed by atoms with Crippen LogP contribution in [0.25, 0.3) is 0 Å². The molecule has 1 rings (SSSR count). The fourth-order valence-electron chi connectivity index (χ4n) is 1.40. The van der Waals surface area contributed by atoms with Gasteiger partial charge in [-0.1, -0.05) is 25.1 Å². The summed E-state index contributed by atoms with van der Waals surface area (Å²) in [7, 11) is 0. The molecule has 84 valence electrons. The molecule has 3 heteroatoms. The molecule has 1 aromatic rings. The summed E-state index contributed by atoms with van der Waals surface area (Å²) in [5, 5.41) is 12.3. The van der Waals surface area contributed by atoms with Crippen LogP contribution in [-0.2, 0) is 0 Å². The number of nitrogens with one attached hydrogen (secondary N) is 1. The highest BCUT2D eigenvalue weighted by Crippen LogP contribution is 2.18. The van der Waals surface area contributed by atoms with Crippen LogP contribution in [0.4, 0.5) is 0 Å². The van der Waals surface area contributed by atoms with Crippen molar-refractivity contribution in [2.45, 2.75) is 24.3 Å². The Hall–Kier alpha value is -0.510. The van der Waals surface area contributed by atoms with E-state index in [0.717, 1.165) is 18.7 Å². The summed E-state index contributed by atoms with van der Waals surface area (Å²) in [6, 6.07) is 10.8. The van der Waals surface area contributed by atoms with Gasteiger partial charge in [0.15, 0.2) is 0 Å². The highest BCUT2D eigenvalue weighted by Gasteiger charge is 2.06. The zero-order valence-electron chi connectivity index (χ0n) is 9.15. The quantitative estimate of drug-likeness (QED) is 0.697. The number of aliphatic hydroxyl groups is 1. The molecule has 0 spiro atoms. The minimum atomic E-state index is 0.257. The van der Waals surface area contributed by atoms with Gasteiger partial charge < -0.3 is 10.4 Å². The van der Waals surface area contributed by atoms with Gasteiger partial charge in [0, 0.05) is 23.3 Å². The molecular formula is C12H19NOS. The number of benzene rings is 1. The monoisotopic (exact) mass is 225 g/mol. The van der Waals surface area contributed by atoms with Crippen molar-refractivity contribution >= 4 is 11.8 Å². The van der Waals surface area contributed by atoms with Gasteiger partial charge in [-0.15, -0.1) is 11.8 Å². The van der Waals surface area contributed by atoms with Crippen LogP contribution in [0.5, 0.6) is 0 Å². The van der Waals surface area contributed by atoms with Crippen LogP contribution in [0.1, 0.15) is 13.3 Å². The van der Waals surface area contributed by atoms with E-state index in [4.69, 9.17) is 5.11 Å². The predicted molar refractivity (Wildman–Crippen MR) is 66.3 cm³/mol. The number of hydrogen-bond donors (Lipinski definition) is 2. The lowest BCUT2D eigenvalue weighted by Gasteiger charge is -2.15. The second-order valence-electron chi connectivity index (χ2n) is 3.39. The van der Waals surface area contributed by atoms with Crippen molar-refractivity contribution in [3.05, 3.63) is 30.3 Å². The predicted octanol–water partition coefficient (Wildman–Crippen LogP) is 2.14. The SMILES string of the molecule is CCNC(CCO)CSc1ccccc1. The van der Waals surface area contributed by atoms with E-state index < -0.39 is 0 Å². The van der Waals surface area contributed by atoms with Crippen molar-refractivity contribution < 1.29 is 5.11 Å². The van der Waals surface area contributed by atoms with Gasteiger partial charge in [0.05, 0.1) is 0 Å². The van der Waals surface area contributed by atoms with Crippen LogP contribution in [0.2, 0.25) is 0 Å². The Labute approximate surface area is 96.1 Å². The molecule has 0 saturated heterocycles. The number of thioether (sulfide) groups is 1. The number of rotatable bonds is 7. The molecule has 0 aliphatic heterocycles. The zero-order valence-corrected chi connectivity index (χ0v) is 9.96. The molecule has 15 heavy (non-hydrogen) atoms. The third-order valence-corrected chi connectivity index (χ3v) is 3.34. The summed E-state index contributed by atoms with van der Waals surface area (Å²) in [5.74, 6) is 1.01. The number of aliphatic hydroxyl groups excluding tert-OH is 1. The smallest absolute Gasteiger partial charge is 0.0446 e. The first kappa shape index (κ1) is 12.6. The van der Waals surface area contributed by atoms with Crippen molar-refractivity contribution in [1.82, 2.24) is 5.32 Å². The lowest BCUT2D eigenvalue weighted by molar-refractivity contribution is 0.271. The minimum absolute atomic E-state index is 0.257. The molecule has 1 unspecified atom stereocenters. The number of hydrogen-bond acceptors (Lipinski definition) is 3. The Morgan fingerprint density at radius 2 is 2.07 bits per heavy atom. The van der Waals surface area contributed by atoms with Gasteiger partial charge in [-0.2, -0.15) is 0 Å². The van der Waals surface area contributed by atoms with Gasteiger partial charge in [-0.05, 0) is 25.1 Å². The van der Waals surface area contributed by atoms with Crippen LogP contribution < -0.4 is 5.32 Å². The summed E-state index contributed by atoms with van der Waals surface area (Å²) >= 11 is 1.83. The van der Waals surface area contributed by atoms with Crippen molar-refractivity contribution in [2.24, 2.45) is 0 Å². The second-order valence-corrected chi connectivity index (χ2v) is 4.48. The Kier molecular flexibility index (Phi) is 6.48. The fraction of sp³-hybridized carbons (Fsp3) is 0.500. The Morgan fingerprint density at radius 3 is 2.67 bits per heavy atom. The van der Waals surface area contributed by atoms with Crippen LogP contribution in [0, 0.1) is 0 Å². The molecule has 0 radical (unpaired) electrons. The van der Waals surface area contributed by atoms with Gasteiger partial charge in [-0.3, -0.25) is 0 Å². The first-order chi connectivity index (χ1) is 7.36. The average molecular weight is 225 g/mol. The summed E-state index contributed by atoms with van der Waals surface area (Å²) < 4.78 is 0. The maximum atomic E-state index is 8.91.